The number of ether oxygens (including phenoxy) is 1. The van der Waals surface area contributed by atoms with E-state index in [1.165, 1.54) is 0 Å². The van der Waals surface area contributed by atoms with Crippen molar-refractivity contribution in [1.29, 1.82) is 0 Å². The zero-order valence-corrected chi connectivity index (χ0v) is 9.31. The number of rotatable bonds is 3. The maximum absolute atomic E-state index is 13.3. The van der Waals surface area contributed by atoms with E-state index in [2.05, 4.69) is 5.32 Å². The first-order valence-electron chi connectivity index (χ1n) is 5.61. The molecule has 1 fully saturated rings. The lowest BCUT2D eigenvalue weighted by Crippen LogP contribution is -2.36. The highest BCUT2D eigenvalue weighted by atomic mass is 19.2. The van der Waals surface area contributed by atoms with Crippen LogP contribution in [0.25, 0.3) is 0 Å². The highest BCUT2D eigenvalue weighted by Crippen LogP contribution is 2.14. The zero-order chi connectivity index (χ0) is 12.3. The molecule has 94 valence electrons. The fourth-order valence-electron chi connectivity index (χ4n) is 1.86. The Balaban J connectivity index is 1.96. The Labute approximate surface area is 97.8 Å². The number of halogens is 3. The lowest BCUT2D eigenvalue weighted by Gasteiger charge is -2.23. The van der Waals surface area contributed by atoms with Gasteiger partial charge in [0, 0.05) is 30.8 Å². The monoisotopic (exact) mass is 245 g/mol. The van der Waals surface area contributed by atoms with Crippen molar-refractivity contribution >= 4 is 0 Å². The van der Waals surface area contributed by atoms with E-state index in [0.29, 0.717) is 12.7 Å². The number of nitrogens with one attached hydrogen (secondary N) is 1. The van der Waals surface area contributed by atoms with Crippen LogP contribution in [0.3, 0.4) is 0 Å². The molecule has 0 spiro atoms. The Morgan fingerprint density at radius 2 is 1.94 bits per heavy atom. The SMILES string of the molecule is Fc1cc(F)c(CNC2CCCOC2)cc1F. The molecule has 0 bridgehead atoms. The molecule has 17 heavy (non-hydrogen) atoms. The molecule has 1 aromatic carbocycles. The molecular formula is C12H14F3NO. The third-order valence-electron chi connectivity index (χ3n) is 2.83. The van der Waals surface area contributed by atoms with Crippen molar-refractivity contribution in [3.8, 4) is 0 Å². The molecular weight excluding hydrogens is 231 g/mol. The van der Waals surface area contributed by atoms with Crippen LogP contribution in [-0.2, 0) is 11.3 Å². The summed E-state index contributed by atoms with van der Waals surface area (Å²) in [7, 11) is 0. The highest BCUT2D eigenvalue weighted by molar-refractivity contribution is 5.20. The first-order valence-corrected chi connectivity index (χ1v) is 5.61. The Bertz CT molecular complexity index is 392. The predicted molar refractivity (Wildman–Crippen MR) is 57.0 cm³/mol. The van der Waals surface area contributed by atoms with E-state index in [9.17, 15) is 13.2 Å². The van der Waals surface area contributed by atoms with Crippen LogP contribution in [0.5, 0.6) is 0 Å². The molecule has 1 atom stereocenters. The van der Waals surface area contributed by atoms with Crippen molar-refractivity contribution in [3.05, 3.63) is 35.1 Å². The van der Waals surface area contributed by atoms with E-state index in [4.69, 9.17) is 4.74 Å². The number of benzene rings is 1. The van der Waals surface area contributed by atoms with E-state index in [1.54, 1.807) is 0 Å². The largest absolute Gasteiger partial charge is 0.380 e. The molecule has 1 N–H and O–H groups in total. The van der Waals surface area contributed by atoms with Crippen LogP contribution < -0.4 is 5.32 Å². The van der Waals surface area contributed by atoms with Crippen LogP contribution in [0.15, 0.2) is 12.1 Å². The standard InChI is InChI=1S/C12H14F3NO/c13-10-5-12(15)11(14)4-8(10)6-16-9-2-1-3-17-7-9/h4-5,9,16H,1-3,6-7H2. The van der Waals surface area contributed by atoms with Gasteiger partial charge in [-0.05, 0) is 18.9 Å². The van der Waals surface area contributed by atoms with E-state index >= 15 is 0 Å². The van der Waals surface area contributed by atoms with Gasteiger partial charge in [-0.2, -0.15) is 0 Å². The quantitative estimate of drug-likeness (QED) is 0.825. The third kappa shape index (κ3) is 3.20. The summed E-state index contributed by atoms with van der Waals surface area (Å²) in [6.45, 7) is 1.50. The van der Waals surface area contributed by atoms with Gasteiger partial charge in [0.25, 0.3) is 0 Å². The van der Waals surface area contributed by atoms with Crippen LogP contribution in [0.2, 0.25) is 0 Å². The predicted octanol–water partition coefficient (Wildman–Crippen LogP) is 2.37. The van der Waals surface area contributed by atoms with Crippen molar-refractivity contribution in [2.45, 2.75) is 25.4 Å². The minimum atomic E-state index is -1.16. The summed E-state index contributed by atoms with van der Waals surface area (Å²) >= 11 is 0. The van der Waals surface area contributed by atoms with Crippen molar-refractivity contribution in [3.63, 3.8) is 0 Å². The average Bonchev–Trinajstić information content (AvgIpc) is 2.33. The third-order valence-corrected chi connectivity index (χ3v) is 2.83. The van der Waals surface area contributed by atoms with Gasteiger partial charge < -0.3 is 10.1 Å². The Hall–Kier alpha value is -1.07. The van der Waals surface area contributed by atoms with Crippen LogP contribution >= 0.6 is 0 Å². The van der Waals surface area contributed by atoms with Gasteiger partial charge in [-0.25, -0.2) is 13.2 Å². The summed E-state index contributed by atoms with van der Waals surface area (Å²) in [6.07, 6.45) is 1.91. The highest BCUT2D eigenvalue weighted by Gasteiger charge is 2.15. The Kier molecular flexibility index (Phi) is 4.02. The van der Waals surface area contributed by atoms with E-state index in [-0.39, 0.29) is 18.2 Å². The molecule has 2 nitrogen and oxygen atoms in total. The first-order chi connectivity index (χ1) is 8.16. The molecule has 2 rings (SSSR count). The van der Waals surface area contributed by atoms with E-state index in [1.807, 2.05) is 0 Å². The summed E-state index contributed by atoms with van der Waals surface area (Å²) in [6, 6.07) is 1.61. The molecule has 5 heteroatoms. The van der Waals surface area contributed by atoms with Gasteiger partial charge in [0.05, 0.1) is 6.61 Å². The lowest BCUT2D eigenvalue weighted by molar-refractivity contribution is 0.0698. The fraction of sp³-hybridized carbons (Fsp3) is 0.500. The fourth-order valence-corrected chi connectivity index (χ4v) is 1.86. The smallest absolute Gasteiger partial charge is 0.161 e. The van der Waals surface area contributed by atoms with Gasteiger partial charge in [-0.15, -0.1) is 0 Å². The van der Waals surface area contributed by atoms with Gasteiger partial charge in [-0.3, -0.25) is 0 Å². The topological polar surface area (TPSA) is 21.3 Å². The molecule has 0 amide bonds. The molecule has 1 aromatic rings. The van der Waals surface area contributed by atoms with Crippen LogP contribution in [0.1, 0.15) is 18.4 Å². The second-order valence-electron chi connectivity index (χ2n) is 4.15. The van der Waals surface area contributed by atoms with E-state index < -0.39 is 17.5 Å². The van der Waals surface area contributed by atoms with Gasteiger partial charge in [-0.1, -0.05) is 0 Å². The van der Waals surface area contributed by atoms with Gasteiger partial charge in [0.1, 0.15) is 5.82 Å². The summed E-state index contributed by atoms with van der Waals surface area (Å²) in [5, 5.41) is 3.07. The molecule has 0 saturated carbocycles. The van der Waals surface area contributed by atoms with Crippen molar-refractivity contribution in [2.24, 2.45) is 0 Å². The van der Waals surface area contributed by atoms with Crippen molar-refractivity contribution < 1.29 is 17.9 Å². The second kappa shape index (κ2) is 5.51. The summed E-state index contributed by atoms with van der Waals surface area (Å²) in [5.74, 6) is -2.91. The maximum Gasteiger partial charge on any atom is 0.161 e. The van der Waals surface area contributed by atoms with Crippen LogP contribution in [0.4, 0.5) is 13.2 Å². The lowest BCUT2D eigenvalue weighted by atomic mass is 10.1. The van der Waals surface area contributed by atoms with E-state index in [0.717, 1.165) is 25.5 Å². The van der Waals surface area contributed by atoms with Gasteiger partial charge >= 0.3 is 0 Å². The van der Waals surface area contributed by atoms with Crippen molar-refractivity contribution in [1.82, 2.24) is 5.32 Å². The molecule has 1 heterocycles. The molecule has 1 unspecified atom stereocenters. The Morgan fingerprint density at radius 3 is 2.65 bits per heavy atom. The molecule has 0 radical (unpaired) electrons. The van der Waals surface area contributed by atoms with Crippen LogP contribution in [0, 0.1) is 17.5 Å². The number of hydrogen-bond donors (Lipinski definition) is 1. The molecule has 0 aliphatic carbocycles. The minimum absolute atomic E-state index is 0.134. The summed E-state index contributed by atoms with van der Waals surface area (Å²) in [4.78, 5) is 0. The average molecular weight is 245 g/mol. The normalized spacial score (nSPS) is 20.5. The minimum Gasteiger partial charge on any atom is -0.380 e. The maximum atomic E-state index is 13.3. The summed E-state index contributed by atoms with van der Waals surface area (Å²) in [5.41, 5.74) is 0.134. The summed E-state index contributed by atoms with van der Waals surface area (Å²) < 4.78 is 44.2. The van der Waals surface area contributed by atoms with Gasteiger partial charge in [0.2, 0.25) is 0 Å². The molecule has 1 aliphatic rings. The molecule has 1 saturated heterocycles. The van der Waals surface area contributed by atoms with Crippen LogP contribution in [-0.4, -0.2) is 19.3 Å². The number of hydrogen-bond acceptors (Lipinski definition) is 2. The molecule has 1 aliphatic heterocycles. The molecule has 0 aromatic heterocycles. The first kappa shape index (κ1) is 12.4. The zero-order valence-electron chi connectivity index (χ0n) is 9.31. The van der Waals surface area contributed by atoms with Crippen molar-refractivity contribution in [2.75, 3.05) is 13.2 Å². The Morgan fingerprint density at radius 1 is 1.18 bits per heavy atom. The second-order valence-corrected chi connectivity index (χ2v) is 4.15. The van der Waals surface area contributed by atoms with Gasteiger partial charge in [0.15, 0.2) is 11.6 Å².